The Morgan fingerprint density at radius 3 is 2.43 bits per heavy atom. The van der Waals surface area contributed by atoms with Gasteiger partial charge in [0.25, 0.3) is 0 Å². The van der Waals surface area contributed by atoms with Crippen LogP contribution >= 0.6 is 0 Å². The highest BCUT2D eigenvalue weighted by Gasteiger charge is 2.28. The van der Waals surface area contributed by atoms with Crippen LogP contribution in [0.25, 0.3) is 0 Å². The van der Waals surface area contributed by atoms with Gasteiger partial charge in [0.1, 0.15) is 0 Å². The monoisotopic (exact) mass is 288 g/mol. The molecular formula is C16H20N2O3. The minimum Gasteiger partial charge on any atom is -0.356 e. The van der Waals surface area contributed by atoms with Gasteiger partial charge in [-0.2, -0.15) is 0 Å². The molecule has 5 heteroatoms. The summed E-state index contributed by atoms with van der Waals surface area (Å²) in [6.45, 7) is 0.803. The van der Waals surface area contributed by atoms with Crippen molar-refractivity contribution in [2.45, 2.75) is 32.1 Å². The summed E-state index contributed by atoms with van der Waals surface area (Å²) in [4.78, 5) is 35.6. The summed E-state index contributed by atoms with van der Waals surface area (Å²) >= 11 is 0. The fraction of sp³-hybridized carbons (Fsp3) is 0.438. The Kier molecular flexibility index (Phi) is 5.49. The van der Waals surface area contributed by atoms with Gasteiger partial charge in [-0.25, -0.2) is 0 Å². The van der Waals surface area contributed by atoms with E-state index in [1.54, 1.807) is 0 Å². The fourth-order valence-corrected chi connectivity index (χ4v) is 2.34. The molecule has 1 aromatic rings. The zero-order valence-corrected chi connectivity index (χ0v) is 12.0. The number of amides is 3. The van der Waals surface area contributed by atoms with E-state index in [9.17, 15) is 14.4 Å². The minimum atomic E-state index is -0.170. The average molecular weight is 288 g/mol. The van der Waals surface area contributed by atoms with Crippen molar-refractivity contribution in [3.63, 3.8) is 0 Å². The van der Waals surface area contributed by atoms with Crippen LogP contribution in [-0.4, -0.2) is 35.7 Å². The summed E-state index contributed by atoms with van der Waals surface area (Å²) in [7, 11) is 0. The van der Waals surface area contributed by atoms with Crippen molar-refractivity contribution in [1.29, 1.82) is 0 Å². The summed E-state index contributed by atoms with van der Waals surface area (Å²) in [6, 6.07) is 10.1. The van der Waals surface area contributed by atoms with E-state index in [0.717, 1.165) is 12.8 Å². The molecule has 1 saturated heterocycles. The number of imide groups is 1. The van der Waals surface area contributed by atoms with Crippen LogP contribution in [0.1, 0.15) is 31.2 Å². The molecule has 0 spiro atoms. The number of hydrogen-bond acceptors (Lipinski definition) is 3. The Bertz CT molecular complexity index is 498. The second-order valence-electron chi connectivity index (χ2n) is 5.13. The smallest absolute Gasteiger partial charge is 0.229 e. The lowest BCUT2D eigenvalue weighted by atomic mass is 10.1. The lowest BCUT2D eigenvalue weighted by Crippen LogP contribution is -2.34. The third-order valence-electron chi connectivity index (χ3n) is 3.52. The molecule has 1 aliphatic rings. The van der Waals surface area contributed by atoms with E-state index in [1.165, 1.54) is 10.5 Å². The van der Waals surface area contributed by atoms with Crippen molar-refractivity contribution in [2.24, 2.45) is 0 Å². The molecule has 0 saturated carbocycles. The molecule has 1 fully saturated rings. The Morgan fingerprint density at radius 1 is 1.10 bits per heavy atom. The van der Waals surface area contributed by atoms with Crippen molar-refractivity contribution in [2.75, 3.05) is 13.1 Å². The highest BCUT2D eigenvalue weighted by Crippen LogP contribution is 2.11. The number of likely N-dealkylation sites (tertiary alicyclic amines) is 1. The quantitative estimate of drug-likeness (QED) is 0.607. The molecule has 0 bridgehead atoms. The lowest BCUT2D eigenvalue weighted by molar-refractivity contribution is -0.138. The molecule has 1 heterocycles. The van der Waals surface area contributed by atoms with E-state index in [1.807, 2.05) is 18.2 Å². The fourth-order valence-electron chi connectivity index (χ4n) is 2.34. The summed E-state index contributed by atoms with van der Waals surface area (Å²) < 4.78 is 0. The Hall–Kier alpha value is -2.17. The molecule has 0 unspecified atom stereocenters. The van der Waals surface area contributed by atoms with Gasteiger partial charge in [0.15, 0.2) is 0 Å². The molecule has 1 N–H and O–H groups in total. The van der Waals surface area contributed by atoms with Gasteiger partial charge in [-0.05, 0) is 18.4 Å². The maximum Gasteiger partial charge on any atom is 0.229 e. The van der Waals surface area contributed by atoms with Crippen LogP contribution in [0.3, 0.4) is 0 Å². The number of benzene rings is 1. The standard InChI is InChI=1S/C16H20N2O3/c19-14(10-12-18-15(20)8-9-16(18)21)17-11-4-7-13-5-2-1-3-6-13/h1-3,5-6H,4,7-12H2,(H,17,19). The number of nitrogens with zero attached hydrogens (tertiary/aromatic N) is 1. The summed E-state index contributed by atoms with van der Waals surface area (Å²) in [5.74, 6) is -0.454. The van der Waals surface area contributed by atoms with Gasteiger partial charge in [-0.3, -0.25) is 19.3 Å². The predicted molar refractivity (Wildman–Crippen MR) is 78.3 cm³/mol. The van der Waals surface area contributed by atoms with E-state index in [2.05, 4.69) is 17.4 Å². The SMILES string of the molecule is O=C(CCN1C(=O)CCC1=O)NCCCc1ccccc1. The van der Waals surface area contributed by atoms with Gasteiger partial charge >= 0.3 is 0 Å². The minimum absolute atomic E-state index is 0.115. The van der Waals surface area contributed by atoms with Gasteiger partial charge in [0.05, 0.1) is 0 Å². The van der Waals surface area contributed by atoms with Crippen LogP contribution in [0, 0.1) is 0 Å². The normalized spacial score (nSPS) is 14.6. The molecule has 3 amide bonds. The first-order valence-corrected chi connectivity index (χ1v) is 7.30. The number of carbonyl (C=O) groups excluding carboxylic acids is 3. The van der Waals surface area contributed by atoms with Crippen molar-refractivity contribution < 1.29 is 14.4 Å². The summed E-state index contributed by atoms with van der Waals surface area (Å²) in [5, 5.41) is 2.82. The Labute approximate surface area is 124 Å². The highest BCUT2D eigenvalue weighted by atomic mass is 16.2. The van der Waals surface area contributed by atoms with Crippen molar-refractivity contribution in [3.05, 3.63) is 35.9 Å². The number of rotatable bonds is 7. The van der Waals surface area contributed by atoms with Gasteiger partial charge in [0.2, 0.25) is 17.7 Å². The molecular weight excluding hydrogens is 268 g/mol. The average Bonchev–Trinajstić information content (AvgIpc) is 2.81. The number of carbonyl (C=O) groups is 3. The molecule has 0 aromatic heterocycles. The van der Waals surface area contributed by atoms with Crippen LogP contribution in [-0.2, 0) is 20.8 Å². The van der Waals surface area contributed by atoms with Crippen LogP contribution < -0.4 is 5.32 Å². The number of nitrogens with one attached hydrogen (secondary N) is 1. The van der Waals surface area contributed by atoms with Crippen molar-refractivity contribution in [3.8, 4) is 0 Å². The highest BCUT2D eigenvalue weighted by molar-refractivity contribution is 6.02. The second kappa shape index (κ2) is 7.57. The molecule has 0 atom stereocenters. The van der Waals surface area contributed by atoms with Crippen LogP contribution in [0.5, 0.6) is 0 Å². The molecule has 0 aliphatic carbocycles. The Morgan fingerprint density at radius 2 is 1.76 bits per heavy atom. The first kappa shape index (κ1) is 15.2. The van der Waals surface area contributed by atoms with Gasteiger partial charge in [-0.15, -0.1) is 0 Å². The van der Waals surface area contributed by atoms with Gasteiger partial charge in [0, 0.05) is 32.4 Å². The molecule has 21 heavy (non-hydrogen) atoms. The van der Waals surface area contributed by atoms with Gasteiger partial charge < -0.3 is 5.32 Å². The zero-order chi connectivity index (χ0) is 15.1. The van der Waals surface area contributed by atoms with Crippen molar-refractivity contribution in [1.82, 2.24) is 10.2 Å². The van der Waals surface area contributed by atoms with E-state index in [4.69, 9.17) is 0 Å². The Balaban J connectivity index is 1.60. The second-order valence-corrected chi connectivity index (χ2v) is 5.13. The molecule has 1 aromatic carbocycles. The maximum atomic E-state index is 11.7. The van der Waals surface area contributed by atoms with Crippen LogP contribution in [0.2, 0.25) is 0 Å². The van der Waals surface area contributed by atoms with E-state index < -0.39 is 0 Å². The summed E-state index contributed by atoms with van der Waals surface area (Å²) in [6.07, 6.45) is 2.53. The molecule has 1 aliphatic heterocycles. The summed E-state index contributed by atoms with van der Waals surface area (Å²) in [5.41, 5.74) is 1.25. The molecule has 0 radical (unpaired) electrons. The third kappa shape index (κ3) is 4.70. The molecule has 5 nitrogen and oxygen atoms in total. The first-order valence-electron chi connectivity index (χ1n) is 7.30. The van der Waals surface area contributed by atoms with Crippen LogP contribution in [0.4, 0.5) is 0 Å². The maximum absolute atomic E-state index is 11.7. The topological polar surface area (TPSA) is 66.5 Å². The number of hydrogen-bond donors (Lipinski definition) is 1. The van der Waals surface area contributed by atoms with E-state index in [0.29, 0.717) is 6.54 Å². The largest absolute Gasteiger partial charge is 0.356 e. The molecule has 2 rings (SSSR count). The molecule has 112 valence electrons. The van der Waals surface area contributed by atoms with Crippen LogP contribution in [0.15, 0.2) is 30.3 Å². The third-order valence-corrected chi connectivity index (χ3v) is 3.52. The number of aryl methyl sites for hydroxylation is 1. The van der Waals surface area contributed by atoms with E-state index in [-0.39, 0.29) is 43.5 Å². The lowest BCUT2D eigenvalue weighted by Gasteiger charge is -2.13. The van der Waals surface area contributed by atoms with E-state index >= 15 is 0 Å². The van der Waals surface area contributed by atoms with Crippen molar-refractivity contribution >= 4 is 17.7 Å². The van der Waals surface area contributed by atoms with Gasteiger partial charge in [-0.1, -0.05) is 30.3 Å². The first-order chi connectivity index (χ1) is 10.2. The predicted octanol–water partition coefficient (Wildman–Crippen LogP) is 1.27. The zero-order valence-electron chi connectivity index (χ0n) is 12.0.